The molecule has 0 radical (unpaired) electrons. The highest BCUT2D eigenvalue weighted by molar-refractivity contribution is 5.88. The molecule has 0 bridgehead atoms. The van der Waals surface area contributed by atoms with Crippen LogP contribution in [-0.4, -0.2) is 33.0 Å². The molecular weight excluding hydrogens is 432 g/mol. The summed E-state index contributed by atoms with van der Waals surface area (Å²) in [5.41, 5.74) is 5.34. The van der Waals surface area contributed by atoms with Crippen molar-refractivity contribution in [1.82, 2.24) is 10.0 Å². The van der Waals surface area contributed by atoms with E-state index in [9.17, 15) is 19.8 Å². The summed E-state index contributed by atoms with van der Waals surface area (Å²) >= 11 is 0. The molecule has 0 saturated heterocycles. The van der Waals surface area contributed by atoms with Crippen LogP contribution in [0, 0.1) is 0 Å². The number of rotatable bonds is 7. The first-order valence-electron chi connectivity index (χ1n) is 11.8. The molecule has 3 N–H and O–H groups in total. The van der Waals surface area contributed by atoms with E-state index in [1.54, 1.807) is 6.07 Å². The number of fused-ring (bicyclic) bond motifs is 2. The number of β-amino-alcohol motifs (C(OH)–C–C–N with tert-alkyl or cyclic N) is 1. The number of nitrogens with one attached hydrogen (secondary N) is 1. The van der Waals surface area contributed by atoms with Crippen molar-refractivity contribution in [2.45, 2.75) is 65.0 Å². The summed E-state index contributed by atoms with van der Waals surface area (Å²) in [6.07, 6.45) is 2.91. The molecule has 0 spiro atoms. The number of aromatic nitrogens is 1. The molecule has 0 amide bonds. The maximum atomic E-state index is 12.2. The number of pyridine rings is 1. The lowest BCUT2D eigenvalue weighted by atomic mass is 9.97. The number of nitrogens with zero attached hydrogens (tertiary/aromatic N) is 1. The Hall–Kier alpha value is -3.16. The summed E-state index contributed by atoms with van der Waals surface area (Å²) in [6.45, 7) is 8.01. The van der Waals surface area contributed by atoms with E-state index in [1.165, 1.54) is 47.4 Å². The van der Waals surface area contributed by atoms with Crippen LogP contribution in [0.4, 0.5) is 0 Å². The van der Waals surface area contributed by atoms with E-state index in [1.807, 2.05) is 0 Å². The first-order chi connectivity index (χ1) is 16.2. The van der Waals surface area contributed by atoms with Gasteiger partial charge in [0.25, 0.3) is 5.56 Å². The minimum atomic E-state index is -0.899. The number of aryl methyl sites for hydroxylation is 2. The number of phenolic OH excluding ortho intramolecular Hbond substituents is 1. The zero-order valence-electron chi connectivity index (χ0n) is 20.1. The lowest BCUT2D eigenvalue weighted by Crippen LogP contribution is -2.45. The van der Waals surface area contributed by atoms with Crippen LogP contribution in [-0.2, 0) is 30.5 Å². The highest BCUT2D eigenvalue weighted by Crippen LogP contribution is 2.34. The first-order valence-corrected chi connectivity index (χ1v) is 11.8. The number of carbonyl (C=O) groups excluding carboxylic acids is 1. The van der Waals surface area contributed by atoms with Gasteiger partial charge in [0.05, 0.1) is 6.10 Å². The van der Waals surface area contributed by atoms with E-state index in [2.05, 4.69) is 38.2 Å². The van der Waals surface area contributed by atoms with E-state index < -0.39 is 17.6 Å². The van der Waals surface area contributed by atoms with Gasteiger partial charge < -0.3 is 20.4 Å². The third-order valence-corrected chi connectivity index (χ3v) is 6.77. The number of aromatic hydroxyl groups is 1. The summed E-state index contributed by atoms with van der Waals surface area (Å²) in [6, 6.07) is 10.5. The van der Waals surface area contributed by atoms with Crippen LogP contribution in [0.5, 0.6) is 5.75 Å². The zero-order valence-corrected chi connectivity index (χ0v) is 20.1. The smallest absolute Gasteiger partial charge is 0.330 e. The van der Waals surface area contributed by atoms with Crippen molar-refractivity contribution < 1.29 is 19.8 Å². The maximum absolute atomic E-state index is 12.2. The van der Waals surface area contributed by atoms with Crippen molar-refractivity contribution in [1.29, 1.82) is 0 Å². The molecule has 7 nitrogen and oxygen atoms in total. The average Bonchev–Trinajstić information content (AvgIpc) is 3.13. The SMILES string of the molecule is CCc1cc2c(cc1CC)CC(C)(NC[C@H](O)c1ccc(O)c3c1ccc(=O)n3OC(C)=O)C2. The van der Waals surface area contributed by atoms with Crippen LogP contribution in [0.15, 0.2) is 41.2 Å². The molecule has 7 heteroatoms. The quantitative estimate of drug-likeness (QED) is 0.497. The third kappa shape index (κ3) is 4.45. The predicted molar refractivity (Wildman–Crippen MR) is 131 cm³/mol. The van der Waals surface area contributed by atoms with E-state index in [4.69, 9.17) is 4.84 Å². The summed E-state index contributed by atoms with van der Waals surface area (Å²) in [7, 11) is 0. The monoisotopic (exact) mass is 464 g/mol. The molecule has 1 atom stereocenters. The fraction of sp³-hybridized carbons (Fsp3) is 0.407. The molecule has 0 fully saturated rings. The van der Waals surface area contributed by atoms with Crippen molar-refractivity contribution in [2.75, 3.05) is 6.54 Å². The summed E-state index contributed by atoms with van der Waals surface area (Å²) in [5.74, 6) is -0.901. The number of phenols is 1. The number of hydrogen-bond acceptors (Lipinski definition) is 6. The van der Waals surface area contributed by atoms with Crippen molar-refractivity contribution >= 4 is 16.9 Å². The first kappa shape index (κ1) is 24.0. The van der Waals surface area contributed by atoms with Gasteiger partial charge in [0.2, 0.25) is 0 Å². The Morgan fingerprint density at radius 3 is 2.29 bits per heavy atom. The van der Waals surface area contributed by atoms with Gasteiger partial charge in [-0.1, -0.05) is 32.0 Å². The normalized spacial score (nSPS) is 15.3. The number of carbonyl (C=O) groups is 1. The molecule has 2 aromatic carbocycles. The Kier molecular flexibility index (Phi) is 6.51. The van der Waals surface area contributed by atoms with Gasteiger partial charge >= 0.3 is 5.97 Å². The minimum Gasteiger partial charge on any atom is -0.506 e. The van der Waals surface area contributed by atoms with Crippen LogP contribution < -0.4 is 15.7 Å². The fourth-order valence-corrected chi connectivity index (χ4v) is 5.10. The van der Waals surface area contributed by atoms with Crippen molar-refractivity contribution in [3.8, 4) is 5.75 Å². The van der Waals surface area contributed by atoms with E-state index >= 15 is 0 Å². The number of benzene rings is 2. The van der Waals surface area contributed by atoms with Gasteiger partial charge in [-0.05, 0) is 72.6 Å². The van der Waals surface area contributed by atoms with Crippen LogP contribution in [0.3, 0.4) is 0 Å². The van der Waals surface area contributed by atoms with E-state index in [0.29, 0.717) is 17.5 Å². The molecule has 0 aliphatic heterocycles. The van der Waals surface area contributed by atoms with Crippen molar-refractivity contribution in [2.24, 2.45) is 0 Å². The van der Waals surface area contributed by atoms with Gasteiger partial charge in [0.1, 0.15) is 11.3 Å². The molecule has 0 saturated carbocycles. The molecule has 1 heterocycles. The Labute approximate surface area is 199 Å². The second kappa shape index (κ2) is 9.24. The van der Waals surface area contributed by atoms with Crippen LogP contribution in [0.1, 0.15) is 61.6 Å². The highest BCUT2D eigenvalue weighted by Gasteiger charge is 2.33. The Balaban J connectivity index is 1.58. The largest absolute Gasteiger partial charge is 0.506 e. The van der Waals surface area contributed by atoms with E-state index in [0.717, 1.165) is 30.4 Å². The Bertz CT molecular complexity index is 1280. The fourth-order valence-electron chi connectivity index (χ4n) is 5.10. The minimum absolute atomic E-state index is 0.0536. The van der Waals surface area contributed by atoms with Crippen LogP contribution in [0.2, 0.25) is 0 Å². The molecule has 3 aromatic rings. The maximum Gasteiger partial charge on any atom is 0.330 e. The average molecular weight is 465 g/mol. The number of hydrogen-bond donors (Lipinski definition) is 3. The van der Waals surface area contributed by atoms with Gasteiger partial charge in [0, 0.05) is 30.5 Å². The molecule has 1 aromatic heterocycles. The Morgan fingerprint density at radius 2 is 1.74 bits per heavy atom. The highest BCUT2D eigenvalue weighted by atomic mass is 16.7. The van der Waals surface area contributed by atoms with Gasteiger partial charge in [0.15, 0.2) is 0 Å². The molecular formula is C27H32N2O5. The lowest BCUT2D eigenvalue weighted by molar-refractivity contribution is -0.141. The van der Waals surface area contributed by atoms with Crippen molar-refractivity contribution in [3.63, 3.8) is 0 Å². The molecule has 180 valence electrons. The van der Waals surface area contributed by atoms with Crippen LogP contribution >= 0.6 is 0 Å². The number of aliphatic hydroxyl groups excluding tert-OH is 1. The Morgan fingerprint density at radius 1 is 1.12 bits per heavy atom. The summed E-state index contributed by atoms with van der Waals surface area (Å²) in [4.78, 5) is 28.7. The molecule has 0 unspecified atom stereocenters. The van der Waals surface area contributed by atoms with Gasteiger partial charge in [-0.3, -0.25) is 4.79 Å². The standard InChI is InChI=1S/C27H32N2O5/c1-5-17-11-19-13-27(4,14-20(19)12-18(17)6-2)28-15-24(32)21-7-9-23(31)26-22(21)8-10-25(33)29(26)34-16(3)30/h7-12,24,28,31-32H,5-6,13-15H2,1-4H3/t24-/m0/s1. The molecule has 1 aliphatic carbocycles. The molecule has 1 aliphatic rings. The predicted octanol–water partition coefficient (Wildman–Crippen LogP) is 2.99. The number of aliphatic hydroxyl groups is 1. The summed E-state index contributed by atoms with van der Waals surface area (Å²) < 4.78 is 0.766. The topological polar surface area (TPSA) is 101 Å². The lowest BCUT2D eigenvalue weighted by Gasteiger charge is -2.27. The van der Waals surface area contributed by atoms with Gasteiger partial charge in [-0.15, -0.1) is 4.73 Å². The zero-order chi connectivity index (χ0) is 24.6. The van der Waals surface area contributed by atoms with Gasteiger partial charge in [-0.2, -0.15) is 0 Å². The summed E-state index contributed by atoms with van der Waals surface area (Å²) in [5, 5.41) is 25.4. The third-order valence-electron chi connectivity index (χ3n) is 6.77. The molecule has 34 heavy (non-hydrogen) atoms. The van der Waals surface area contributed by atoms with Crippen LogP contribution in [0.25, 0.3) is 10.9 Å². The molecule has 4 rings (SSSR count). The van der Waals surface area contributed by atoms with Gasteiger partial charge in [-0.25, -0.2) is 4.79 Å². The van der Waals surface area contributed by atoms with E-state index in [-0.39, 0.29) is 16.8 Å². The second-order valence-corrected chi connectivity index (χ2v) is 9.39. The van der Waals surface area contributed by atoms with Crippen molar-refractivity contribution in [3.05, 3.63) is 74.6 Å². The second-order valence-electron chi connectivity index (χ2n) is 9.39.